The quantitative estimate of drug-likeness (QED) is 0.613. The van der Waals surface area contributed by atoms with E-state index in [-0.39, 0.29) is 0 Å². The van der Waals surface area contributed by atoms with Crippen molar-refractivity contribution in [3.8, 4) is 0 Å². The summed E-state index contributed by atoms with van der Waals surface area (Å²) in [7, 11) is 0. The SMILES string of the molecule is Cc1nc2c(Br)cc(Br)cc2c(NN)c1C. The third-order valence-electron chi connectivity index (χ3n) is 2.64. The molecule has 84 valence electrons. The molecule has 0 atom stereocenters. The summed E-state index contributed by atoms with van der Waals surface area (Å²) < 4.78 is 1.95. The Hall–Kier alpha value is -0.650. The van der Waals surface area contributed by atoms with E-state index in [2.05, 4.69) is 42.3 Å². The minimum absolute atomic E-state index is 0.916. The Morgan fingerprint density at radius 1 is 1.25 bits per heavy atom. The average molecular weight is 345 g/mol. The van der Waals surface area contributed by atoms with E-state index in [1.165, 1.54) is 0 Å². The van der Waals surface area contributed by atoms with E-state index in [0.717, 1.165) is 36.8 Å². The van der Waals surface area contributed by atoms with Crippen molar-refractivity contribution in [2.45, 2.75) is 13.8 Å². The summed E-state index contributed by atoms with van der Waals surface area (Å²) in [5.74, 6) is 5.58. The number of fused-ring (bicyclic) bond motifs is 1. The van der Waals surface area contributed by atoms with Gasteiger partial charge in [-0.05, 0) is 47.5 Å². The van der Waals surface area contributed by atoms with Gasteiger partial charge in [0.2, 0.25) is 0 Å². The monoisotopic (exact) mass is 343 g/mol. The first-order valence-electron chi connectivity index (χ1n) is 4.77. The van der Waals surface area contributed by atoms with Crippen molar-refractivity contribution < 1.29 is 0 Å². The standard InChI is InChI=1S/C11H11Br2N3/c1-5-6(2)15-11-8(10(5)16-14)3-7(12)4-9(11)13/h3-4H,14H2,1-2H3,(H,15,16). The highest BCUT2D eigenvalue weighted by Gasteiger charge is 2.11. The fourth-order valence-electron chi connectivity index (χ4n) is 1.69. The van der Waals surface area contributed by atoms with E-state index in [1.54, 1.807) is 0 Å². The van der Waals surface area contributed by atoms with Crippen LogP contribution in [0.15, 0.2) is 21.1 Å². The lowest BCUT2D eigenvalue weighted by Crippen LogP contribution is -2.10. The van der Waals surface area contributed by atoms with Gasteiger partial charge >= 0.3 is 0 Å². The second kappa shape index (κ2) is 4.31. The van der Waals surface area contributed by atoms with E-state index in [1.807, 2.05) is 26.0 Å². The van der Waals surface area contributed by atoms with Gasteiger partial charge in [0.15, 0.2) is 0 Å². The lowest BCUT2D eigenvalue weighted by Gasteiger charge is -2.12. The second-order valence-electron chi connectivity index (χ2n) is 3.63. The van der Waals surface area contributed by atoms with Crippen molar-refractivity contribution in [3.05, 3.63) is 32.3 Å². The van der Waals surface area contributed by atoms with Crippen LogP contribution in [0.2, 0.25) is 0 Å². The number of pyridine rings is 1. The molecule has 0 aliphatic carbocycles. The molecule has 0 spiro atoms. The molecule has 1 heterocycles. The zero-order chi connectivity index (χ0) is 11.9. The molecule has 0 saturated carbocycles. The first-order valence-corrected chi connectivity index (χ1v) is 6.35. The Morgan fingerprint density at radius 2 is 1.94 bits per heavy atom. The highest BCUT2D eigenvalue weighted by atomic mass is 79.9. The summed E-state index contributed by atoms with van der Waals surface area (Å²) in [6, 6.07) is 3.99. The Balaban J connectivity index is 2.96. The molecule has 0 amide bonds. The highest BCUT2D eigenvalue weighted by molar-refractivity contribution is 9.11. The number of anilines is 1. The Labute approximate surface area is 111 Å². The summed E-state index contributed by atoms with van der Waals surface area (Å²) in [6.45, 7) is 3.98. The van der Waals surface area contributed by atoms with Crippen molar-refractivity contribution in [3.63, 3.8) is 0 Å². The number of nitrogens with two attached hydrogens (primary N) is 1. The van der Waals surface area contributed by atoms with Crippen LogP contribution in [0.5, 0.6) is 0 Å². The average Bonchev–Trinajstić information content (AvgIpc) is 2.22. The predicted octanol–water partition coefficient (Wildman–Crippen LogP) is 3.66. The molecule has 0 saturated heterocycles. The molecule has 3 N–H and O–H groups in total. The number of nitrogens with zero attached hydrogens (tertiary/aromatic N) is 1. The van der Waals surface area contributed by atoms with Gasteiger partial charge in [-0.3, -0.25) is 10.8 Å². The smallest absolute Gasteiger partial charge is 0.0869 e. The lowest BCUT2D eigenvalue weighted by molar-refractivity contribution is 1.18. The lowest BCUT2D eigenvalue weighted by atomic mass is 10.1. The number of aryl methyl sites for hydroxylation is 1. The molecule has 2 rings (SSSR count). The van der Waals surface area contributed by atoms with Gasteiger partial charge < -0.3 is 5.43 Å². The molecule has 1 aromatic carbocycles. The van der Waals surface area contributed by atoms with Crippen molar-refractivity contribution in [1.29, 1.82) is 0 Å². The zero-order valence-electron chi connectivity index (χ0n) is 8.94. The molecule has 5 heteroatoms. The third kappa shape index (κ3) is 1.83. The molecule has 0 aliphatic heterocycles. The van der Waals surface area contributed by atoms with Crippen molar-refractivity contribution >= 4 is 48.5 Å². The highest BCUT2D eigenvalue weighted by Crippen LogP contribution is 2.34. The molecule has 16 heavy (non-hydrogen) atoms. The molecule has 0 radical (unpaired) electrons. The predicted molar refractivity (Wildman–Crippen MR) is 74.4 cm³/mol. The molecular formula is C11H11Br2N3. The largest absolute Gasteiger partial charge is 0.323 e. The molecule has 2 aromatic rings. The van der Waals surface area contributed by atoms with Gasteiger partial charge in [0.25, 0.3) is 0 Å². The van der Waals surface area contributed by atoms with Gasteiger partial charge in [0, 0.05) is 20.0 Å². The summed E-state index contributed by atoms with van der Waals surface area (Å²) in [5.41, 5.74) is 6.63. The molecule has 1 aromatic heterocycles. The number of rotatable bonds is 1. The molecule has 0 unspecified atom stereocenters. The zero-order valence-corrected chi connectivity index (χ0v) is 12.1. The van der Waals surface area contributed by atoms with Crippen LogP contribution in [0.1, 0.15) is 11.3 Å². The van der Waals surface area contributed by atoms with Crippen LogP contribution in [-0.2, 0) is 0 Å². The van der Waals surface area contributed by atoms with Gasteiger partial charge in [-0.25, -0.2) is 0 Å². The Bertz CT molecular complexity index is 567. The van der Waals surface area contributed by atoms with E-state index >= 15 is 0 Å². The molecule has 0 aliphatic rings. The van der Waals surface area contributed by atoms with Crippen molar-refractivity contribution in [2.24, 2.45) is 5.84 Å². The third-order valence-corrected chi connectivity index (χ3v) is 3.70. The van der Waals surface area contributed by atoms with Crippen LogP contribution >= 0.6 is 31.9 Å². The summed E-state index contributed by atoms with van der Waals surface area (Å²) in [6.07, 6.45) is 0. The summed E-state index contributed by atoms with van der Waals surface area (Å²) >= 11 is 6.97. The van der Waals surface area contributed by atoms with Crippen LogP contribution in [0, 0.1) is 13.8 Å². The van der Waals surface area contributed by atoms with Crippen LogP contribution in [0.4, 0.5) is 5.69 Å². The number of nitrogens with one attached hydrogen (secondary N) is 1. The normalized spacial score (nSPS) is 10.8. The minimum atomic E-state index is 0.916. The number of hydrogen-bond acceptors (Lipinski definition) is 3. The fraction of sp³-hybridized carbons (Fsp3) is 0.182. The number of aromatic nitrogens is 1. The maximum atomic E-state index is 5.58. The second-order valence-corrected chi connectivity index (χ2v) is 5.40. The molecular weight excluding hydrogens is 334 g/mol. The topological polar surface area (TPSA) is 50.9 Å². The first kappa shape index (κ1) is 11.8. The number of hydrogen-bond donors (Lipinski definition) is 2. The van der Waals surface area contributed by atoms with Gasteiger partial charge in [0.05, 0.1) is 11.2 Å². The number of benzene rings is 1. The van der Waals surface area contributed by atoms with E-state index in [9.17, 15) is 0 Å². The van der Waals surface area contributed by atoms with Crippen LogP contribution in [0.3, 0.4) is 0 Å². The molecule has 3 nitrogen and oxygen atoms in total. The molecule has 0 fully saturated rings. The van der Waals surface area contributed by atoms with Crippen LogP contribution < -0.4 is 11.3 Å². The fourth-order valence-corrected chi connectivity index (χ4v) is 3.00. The van der Waals surface area contributed by atoms with Gasteiger partial charge in [-0.15, -0.1) is 0 Å². The number of hydrazine groups is 1. The molecule has 0 bridgehead atoms. The summed E-state index contributed by atoms with van der Waals surface area (Å²) in [4.78, 5) is 4.56. The Kier molecular flexibility index (Phi) is 3.19. The summed E-state index contributed by atoms with van der Waals surface area (Å²) in [5, 5.41) is 1.01. The van der Waals surface area contributed by atoms with Crippen molar-refractivity contribution in [2.75, 3.05) is 5.43 Å². The van der Waals surface area contributed by atoms with Crippen molar-refractivity contribution in [1.82, 2.24) is 4.98 Å². The van der Waals surface area contributed by atoms with Gasteiger partial charge in [-0.2, -0.15) is 0 Å². The minimum Gasteiger partial charge on any atom is -0.323 e. The van der Waals surface area contributed by atoms with Gasteiger partial charge in [-0.1, -0.05) is 15.9 Å². The van der Waals surface area contributed by atoms with Crippen LogP contribution in [-0.4, -0.2) is 4.98 Å². The maximum absolute atomic E-state index is 5.58. The number of halogens is 2. The van der Waals surface area contributed by atoms with Crippen LogP contribution in [0.25, 0.3) is 10.9 Å². The number of nitrogen functional groups attached to an aromatic ring is 1. The first-order chi connectivity index (χ1) is 7.54. The van der Waals surface area contributed by atoms with E-state index in [4.69, 9.17) is 5.84 Å². The van der Waals surface area contributed by atoms with E-state index in [0.29, 0.717) is 0 Å². The maximum Gasteiger partial charge on any atom is 0.0869 e. The van der Waals surface area contributed by atoms with Gasteiger partial charge in [0.1, 0.15) is 0 Å². The van der Waals surface area contributed by atoms with E-state index < -0.39 is 0 Å². The Morgan fingerprint density at radius 3 is 2.56 bits per heavy atom.